The molecule has 4 nitrogen and oxygen atoms in total. The topological polar surface area (TPSA) is 66.2 Å². The number of aromatic nitrogens is 2. The molecule has 1 unspecified atom stereocenters. The number of aryl methyl sites for hydroxylation is 1. The largest absolute Gasteiger partial charge is 0.503 e. The van der Waals surface area contributed by atoms with Crippen LogP contribution in [0.1, 0.15) is 29.8 Å². The maximum Gasteiger partial charge on any atom is 0.187 e. The van der Waals surface area contributed by atoms with Gasteiger partial charge in [-0.3, -0.25) is 9.97 Å². The van der Waals surface area contributed by atoms with Crippen molar-refractivity contribution in [3.8, 4) is 17.0 Å². The number of nitrogens with zero attached hydrogens (tertiary/aromatic N) is 2. The Bertz CT molecular complexity index is 956. The highest BCUT2D eigenvalue weighted by molar-refractivity contribution is 5.62. The molecule has 1 aliphatic rings. The third-order valence-electron chi connectivity index (χ3n) is 4.77. The van der Waals surface area contributed by atoms with Crippen LogP contribution in [0.4, 0.5) is 8.78 Å². The summed E-state index contributed by atoms with van der Waals surface area (Å²) in [6.07, 6.45) is 3.53. The summed E-state index contributed by atoms with van der Waals surface area (Å²) in [7, 11) is 0. The van der Waals surface area contributed by atoms with Crippen molar-refractivity contribution in [2.24, 2.45) is 0 Å². The molecule has 2 heterocycles. The summed E-state index contributed by atoms with van der Waals surface area (Å²) in [6.45, 7) is 0. The number of halogens is 2. The van der Waals surface area contributed by atoms with Gasteiger partial charge in [0.05, 0.1) is 11.4 Å². The van der Waals surface area contributed by atoms with Gasteiger partial charge in [0.25, 0.3) is 0 Å². The van der Waals surface area contributed by atoms with Crippen LogP contribution in [0.25, 0.3) is 11.3 Å². The van der Waals surface area contributed by atoms with Gasteiger partial charge in [0.15, 0.2) is 17.4 Å². The lowest BCUT2D eigenvalue weighted by atomic mass is 9.79. The molecule has 1 aliphatic carbocycles. The molecule has 2 aromatic heterocycles. The Morgan fingerprint density at radius 2 is 1.81 bits per heavy atom. The first-order valence-corrected chi connectivity index (χ1v) is 8.32. The van der Waals surface area contributed by atoms with Crippen LogP contribution in [0.15, 0.2) is 48.7 Å². The summed E-state index contributed by atoms with van der Waals surface area (Å²) in [4.78, 5) is 8.80. The Balaban J connectivity index is 1.81. The molecule has 0 saturated heterocycles. The monoisotopic (exact) mass is 354 g/mol. The number of phenolic OH excluding ortho intramolecular Hbond substituents is 1. The molecule has 2 N–H and O–H groups in total. The third kappa shape index (κ3) is 2.63. The van der Waals surface area contributed by atoms with E-state index in [1.807, 2.05) is 6.07 Å². The molecule has 0 aliphatic heterocycles. The minimum absolute atomic E-state index is 0.229. The smallest absolute Gasteiger partial charge is 0.187 e. The Morgan fingerprint density at radius 3 is 2.50 bits per heavy atom. The minimum Gasteiger partial charge on any atom is -0.503 e. The van der Waals surface area contributed by atoms with E-state index in [4.69, 9.17) is 0 Å². The molecular formula is C20H16F2N2O2. The molecule has 1 atom stereocenters. The highest BCUT2D eigenvalue weighted by Gasteiger charge is 2.38. The number of pyridine rings is 2. The molecule has 6 heteroatoms. The van der Waals surface area contributed by atoms with E-state index in [0.29, 0.717) is 35.5 Å². The van der Waals surface area contributed by atoms with Crippen molar-refractivity contribution in [1.29, 1.82) is 0 Å². The van der Waals surface area contributed by atoms with Crippen molar-refractivity contribution >= 4 is 0 Å². The van der Waals surface area contributed by atoms with Crippen molar-refractivity contribution in [2.45, 2.75) is 24.9 Å². The molecule has 3 aromatic rings. The Morgan fingerprint density at radius 1 is 1.04 bits per heavy atom. The summed E-state index contributed by atoms with van der Waals surface area (Å²) in [6, 6.07) is 10.8. The Kier molecular flexibility index (Phi) is 3.92. The lowest BCUT2D eigenvalue weighted by molar-refractivity contribution is 0.0563. The second kappa shape index (κ2) is 6.14. The molecule has 1 aromatic carbocycles. The fourth-order valence-corrected chi connectivity index (χ4v) is 3.46. The lowest BCUT2D eigenvalue weighted by Crippen LogP contribution is -2.33. The van der Waals surface area contributed by atoms with E-state index in [0.717, 1.165) is 18.6 Å². The highest BCUT2D eigenvalue weighted by atomic mass is 19.1. The maximum absolute atomic E-state index is 13.6. The van der Waals surface area contributed by atoms with E-state index in [2.05, 4.69) is 9.97 Å². The van der Waals surface area contributed by atoms with Gasteiger partial charge in [0.2, 0.25) is 0 Å². The lowest BCUT2D eigenvalue weighted by Gasteiger charge is -2.33. The second-order valence-corrected chi connectivity index (χ2v) is 6.41. The quantitative estimate of drug-likeness (QED) is 0.736. The van der Waals surface area contributed by atoms with Crippen molar-refractivity contribution in [3.05, 3.63) is 77.2 Å². The van der Waals surface area contributed by atoms with Crippen molar-refractivity contribution in [3.63, 3.8) is 0 Å². The van der Waals surface area contributed by atoms with Gasteiger partial charge in [-0.2, -0.15) is 0 Å². The summed E-state index contributed by atoms with van der Waals surface area (Å²) in [5.41, 5.74) is 1.27. The first kappa shape index (κ1) is 16.6. The number of fused-ring (bicyclic) bond motifs is 1. The van der Waals surface area contributed by atoms with Gasteiger partial charge in [0, 0.05) is 23.0 Å². The van der Waals surface area contributed by atoms with Gasteiger partial charge in [-0.1, -0.05) is 12.1 Å². The Hall–Kier alpha value is -2.86. The van der Waals surface area contributed by atoms with E-state index in [9.17, 15) is 19.0 Å². The zero-order valence-electron chi connectivity index (χ0n) is 13.8. The average molecular weight is 354 g/mol. The van der Waals surface area contributed by atoms with E-state index < -0.39 is 23.0 Å². The summed E-state index contributed by atoms with van der Waals surface area (Å²) in [5.74, 6) is -3.08. The first-order chi connectivity index (χ1) is 12.5. The van der Waals surface area contributed by atoms with Crippen LogP contribution >= 0.6 is 0 Å². The van der Waals surface area contributed by atoms with Crippen LogP contribution in [0.5, 0.6) is 5.75 Å². The van der Waals surface area contributed by atoms with E-state index >= 15 is 0 Å². The van der Waals surface area contributed by atoms with E-state index in [1.165, 1.54) is 0 Å². The van der Waals surface area contributed by atoms with Crippen LogP contribution in [-0.4, -0.2) is 20.2 Å². The number of hydrogen-bond acceptors (Lipinski definition) is 4. The van der Waals surface area contributed by atoms with Crippen molar-refractivity contribution < 1.29 is 19.0 Å². The summed E-state index contributed by atoms with van der Waals surface area (Å²) >= 11 is 0. The molecule has 4 rings (SSSR count). The molecule has 0 fully saturated rings. The molecule has 0 amide bonds. The molecule has 0 bridgehead atoms. The zero-order chi connectivity index (χ0) is 18.3. The summed E-state index contributed by atoms with van der Waals surface area (Å²) < 4.78 is 27.3. The van der Waals surface area contributed by atoms with Gasteiger partial charge in [0.1, 0.15) is 5.60 Å². The highest BCUT2D eigenvalue weighted by Crippen LogP contribution is 2.40. The Labute approximate surface area is 148 Å². The van der Waals surface area contributed by atoms with Crippen LogP contribution < -0.4 is 0 Å². The van der Waals surface area contributed by atoms with Gasteiger partial charge in [-0.15, -0.1) is 0 Å². The maximum atomic E-state index is 13.6. The molecule has 0 radical (unpaired) electrons. The zero-order valence-corrected chi connectivity index (χ0v) is 13.8. The number of phenols is 1. The number of rotatable bonds is 2. The molecule has 132 valence electrons. The third-order valence-corrected chi connectivity index (χ3v) is 4.77. The predicted octanol–water partition coefficient (Wildman–Crippen LogP) is 3.70. The normalized spacial score (nSPS) is 19.2. The van der Waals surface area contributed by atoms with Crippen molar-refractivity contribution in [1.82, 2.24) is 9.97 Å². The molecule has 26 heavy (non-hydrogen) atoms. The van der Waals surface area contributed by atoms with Crippen LogP contribution in [-0.2, 0) is 12.0 Å². The van der Waals surface area contributed by atoms with Gasteiger partial charge in [-0.05, 0) is 49.6 Å². The first-order valence-electron chi connectivity index (χ1n) is 8.32. The van der Waals surface area contributed by atoms with E-state index in [-0.39, 0.29) is 5.56 Å². The van der Waals surface area contributed by atoms with Crippen molar-refractivity contribution in [2.75, 3.05) is 0 Å². The molecule has 0 spiro atoms. The minimum atomic E-state index is -1.23. The van der Waals surface area contributed by atoms with Gasteiger partial charge >= 0.3 is 0 Å². The number of hydrogen-bond donors (Lipinski definition) is 2. The van der Waals surface area contributed by atoms with Crippen LogP contribution in [0, 0.1) is 11.6 Å². The van der Waals surface area contributed by atoms with Gasteiger partial charge in [-0.25, -0.2) is 8.78 Å². The van der Waals surface area contributed by atoms with E-state index in [1.54, 1.807) is 30.5 Å². The summed E-state index contributed by atoms with van der Waals surface area (Å²) in [5, 5.41) is 20.5. The molecule has 0 saturated carbocycles. The average Bonchev–Trinajstić information content (AvgIpc) is 2.66. The number of aromatic hydroxyl groups is 1. The SMILES string of the molecule is Oc1c(F)cc(-c2ccc3c(n2)CCCC3(O)c2ccccn2)cc1F. The second-order valence-electron chi connectivity index (χ2n) is 6.41. The molecular weight excluding hydrogens is 338 g/mol. The number of aliphatic hydroxyl groups is 1. The fraction of sp³-hybridized carbons (Fsp3) is 0.200. The van der Waals surface area contributed by atoms with Gasteiger partial charge < -0.3 is 10.2 Å². The fourth-order valence-electron chi connectivity index (χ4n) is 3.46. The van der Waals surface area contributed by atoms with Crippen LogP contribution in [0.3, 0.4) is 0 Å². The standard InChI is InChI=1S/C20H16F2N2O2/c21-14-10-12(11-15(22)19(14)25)16-7-6-13-17(24-16)4-3-8-20(13,26)18-5-1-2-9-23-18/h1-2,5-7,9-11,25-26H,3-4,8H2. The number of benzene rings is 1. The predicted molar refractivity (Wildman–Crippen MR) is 91.4 cm³/mol. The van der Waals surface area contributed by atoms with Crippen LogP contribution in [0.2, 0.25) is 0 Å².